The summed E-state index contributed by atoms with van der Waals surface area (Å²) in [6, 6.07) is 0. The highest BCUT2D eigenvalue weighted by Crippen LogP contribution is 2.74. The Hall–Kier alpha value is -2.22. The van der Waals surface area contributed by atoms with Crippen molar-refractivity contribution >= 4 is 17.5 Å². The molecule has 0 unspecified atom stereocenters. The Balaban J connectivity index is 1.71. The van der Waals surface area contributed by atoms with Crippen LogP contribution in [0.25, 0.3) is 4.85 Å². The number of hydrogen-bond donors (Lipinski definition) is 1. The highest BCUT2D eigenvalue weighted by Gasteiger charge is 2.71. The van der Waals surface area contributed by atoms with Gasteiger partial charge in [-0.3, -0.25) is 9.59 Å². The molecule has 0 spiro atoms. The third-order valence-electron chi connectivity index (χ3n) is 12.2. The predicted molar refractivity (Wildman–Crippen MR) is 138 cm³/mol. The molecule has 0 aromatic carbocycles. The predicted octanol–water partition coefficient (Wildman–Crippen LogP) is 6.64. The normalized spacial score (nSPS) is 46.7. The molecule has 0 aliphatic heterocycles. The molecule has 0 aromatic heterocycles. The summed E-state index contributed by atoms with van der Waals surface area (Å²) in [5, 5.41) is 10.5. The first-order chi connectivity index (χ1) is 16.5. The van der Waals surface area contributed by atoms with Crippen molar-refractivity contribution in [1.82, 2.24) is 0 Å². The number of allylic oxidation sites excluding steroid dienone is 4. The van der Waals surface area contributed by atoms with E-state index in [1.54, 1.807) is 0 Å². The van der Waals surface area contributed by atoms with Crippen LogP contribution in [-0.4, -0.2) is 22.6 Å². The van der Waals surface area contributed by atoms with E-state index in [4.69, 9.17) is 6.57 Å². The maximum absolute atomic E-state index is 14.3. The van der Waals surface area contributed by atoms with Crippen molar-refractivity contribution in [1.29, 1.82) is 0 Å². The second-order valence-corrected chi connectivity index (χ2v) is 14.7. The van der Waals surface area contributed by atoms with E-state index in [0.717, 1.165) is 37.7 Å². The van der Waals surface area contributed by atoms with E-state index in [1.165, 1.54) is 0 Å². The van der Waals surface area contributed by atoms with Crippen molar-refractivity contribution in [2.45, 2.75) is 93.4 Å². The minimum atomic E-state index is -0.790. The molecule has 194 valence electrons. The molecule has 5 heteroatoms. The maximum atomic E-state index is 14.3. The van der Waals surface area contributed by atoms with Gasteiger partial charge in [0.05, 0.1) is 12.0 Å². The van der Waals surface area contributed by atoms with Crippen molar-refractivity contribution in [2.75, 3.05) is 0 Å². The van der Waals surface area contributed by atoms with Crippen LogP contribution in [0, 0.1) is 56.8 Å². The quantitative estimate of drug-likeness (QED) is 0.417. The summed E-state index contributed by atoms with van der Waals surface area (Å²) < 4.78 is 0. The lowest BCUT2D eigenvalue weighted by atomic mass is 9.34. The lowest BCUT2D eigenvalue weighted by molar-refractivity contribution is -0.178. The fraction of sp³-hybridized carbons (Fsp3) is 0.742. The van der Waals surface area contributed by atoms with Crippen LogP contribution in [0.3, 0.4) is 0 Å². The Morgan fingerprint density at radius 3 is 2.25 bits per heavy atom. The van der Waals surface area contributed by atoms with Crippen molar-refractivity contribution in [2.24, 2.45) is 50.2 Å². The average Bonchev–Trinajstić information content (AvgIpc) is 2.77. The lowest BCUT2D eigenvalue weighted by Gasteiger charge is -2.69. The third kappa shape index (κ3) is 2.85. The van der Waals surface area contributed by atoms with Gasteiger partial charge in [0.1, 0.15) is 0 Å². The van der Waals surface area contributed by atoms with Crippen molar-refractivity contribution in [3.05, 3.63) is 34.8 Å². The van der Waals surface area contributed by atoms with Crippen LogP contribution in [0.15, 0.2) is 23.4 Å². The van der Waals surface area contributed by atoms with Gasteiger partial charge < -0.3 is 9.90 Å². The summed E-state index contributed by atoms with van der Waals surface area (Å²) in [5.74, 6) is -1.24. The number of hydrogen-bond acceptors (Lipinski definition) is 3. The zero-order valence-electron chi connectivity index (χ0n) is 23.0. The number of rotatable bonds is 1. The maximum Gasteiger partial charge on any atom is 0.310 e. The van der Waals surface area contributed by atoms with Crippen LogP contribution in [0.5, 0.6) is 0 Å². The summed E-state index contributed by atoms with van der Waals surface area (Å²) in [6.45, 7) is 22.7. The van der Waals surface area contributed by atoms with E-state index >= 15 is 0 Å². The number of carboxylic acids is 1. The second kappa shape index (κ2) is 7.21. The average molecular weight is 492 g/mol. The molecular formula is C31H41NO4. The summed E-state index contributed by atoms with van der Waals surface area (Å²) in [6.07, 6.45) is 9.07. The molecule has 0 amide bonds. The molecule has 0 radical (unpaired) electrons. The molecular weight excluding hydrogens is 450 g/mol. The fourth-order valence-electron chi connectivity index (χ4n) is 10.0. The second-order valence-electron chi connectivity index (χ2n) is 14.7. The zero-order chi connectivity index (χ0) is 26.7. The number of ketones is 2. The van der Waals surface area contributed by atoms with Crippen molar-refractivity contribution in [3.8, 4) is 0 Å². The molecule has 1 N–H and O–H groups in total. The van der Waals surface area contributed by atoms with E-state index in [-0.39, 0.29) is 51.3 Å². The molecule has 5 nitrogen and oxygen atoms in total. The van der Waals surface area contributed by atoms with Gasteiger partial charge in [-0.25, -0.2) is 4.85 Å². The van der Waals surface area contributed by atoms with Crippen LogP contribution in [-0.2, 0) is 14.4 Å². The first-order valence-electron chi connectivity index (χ1n) is 13.6. The fourth-order valence-corrected chi connectivity index (χ4v) is 10.0. The molecule has 0 aromatic rings. The van der Waals surface area contributed by atoms with Gasteiger partial charge in [0.15, 0.2) is 11.6 Å². The smallest absolute Gasteiger partial charge is 0.310 e. The Morgan fingerprint density at radius 1 is 1.00 bits per heavy atom. The topological polar surface area (TPSA) is 75.8 Å². The number of nitrogens with zero attached hydrogens (tertiary/aromatic N) is 1. The summed E-state index contributed by atoms with van der Waals surface area (Å²) in [7, 11) is 0. The first-order valence-corrected chi connectivity index (χ1v) is 13.6. The van der Waals surface area contributed by atoms with Gasteiger partial charge >= 0.3 is 5.97 Å². The van der Waals surface area contributed by atoms with Gasteiger partial charge in [0, 0.05) is 11.3 Å². The van der Waals surface area contributed by atoms with Crippen LogP contribution in [0.4, 0.5) is 0 Å². The molecule has 5 aliphatic rings. The summed E-state index contributed by atoms with van der Waals surface area (Å²) in [5.41, 5.74) is -1.49. The minimum absolute atomic E-state index is 0.0149. The Bertz CT molecular complexity index is 1180. The Morgan fingerprint density at radius 2 is 1.64 bits per heavy atom. The van der Waals surface area contributed by atoms with Gasteiger partial charge in [-0.15, -0.1) is 0 Å². The van der Waals surface area contributed by atoms with E-state index < -0.39 is 22.2 Å². The highest BCUT2D eigenvalue weighted by atomic mass is 16.4. The number of Topliss-reactive ketones (excluding diaryl/α,β-unsaturated/α-hetero) is 1. The zero-order valence-corrected chi connectivity index (χ0v) is 23.0. The van der Waals surface area contributed by atoms with Crippen molar-refractivity contribution < 1.29 is 19.5 Å². The molecule has 0 saturated heterocycles. The first kappa shape index (κ1) is 25.4. The monoisotopic (exact) mass is 491 g/mol. The van der Waals surface area contributed by atoms with Crippen LogP contribution in [0.1, 0.15) is 93.4 Å². The van der Waals surface area contributed by atoms with E-state index in [9.17, 15) is 19.5 Å². The molecule has 5 aliphatic carbocycles. The number of carboxylic acid groups (broad SMARTS) is 1. The molecule has 3 saturated carbocycles. The molecule has 0 bridgehead atoms. The number of carbonyl (C=O) groups excluding carboxylic acids is 2. The van der Waals surface area contributed by atoms with Crippen LogP contribution >= 0.6 is 0 Å². The number of fused-ring (bicyclic) bond motifs is 7. The number of aliphatic carboxylic acids is 1. The minimum Gasteiger partial charge on any atom is -0.481 e. The van der Waals surface area contributed by atoms with E-state index in [1.807, 2.05) is 26.0 Å². The summed E-state index contributed by atoms with van der Waals surface area (Å²) >= 11 is 0. The van der Waals surface area contributed by atoms with Gasteiger partial charge in [-0.05, 0) is 84.5 Å². The highest BCUT2D eigenvalue weighted by molar-refractivity contribution is 6.03. The van der Waals surface area contributed by atoms with Crippen LogP contribution in [0.2, 0.25) is 0 Å². The number of carbonyl (C=O) groups is 3. The van der Waals surface area contributed by atoms with E-state index in [2.05, 4.69) is 39.5 Å². The molecule has 3 fully saturated rings. The van der Waals surface area contributed by atoms with Gasteiger partial charge in [-0.1, -0.05) is 60.1 Å². The standard InChI is InChI=1S/C31H41NO4/c1-26(2)11-13-31(25(35)36)14-12-29(6)18(19(31)16-26)15-21(33)23-28(5)17-20(32-8)24(34)27(3,4)22(28)9-10-30(23,29)7/h15,17,19,22-23H,9-14,16H2,1-7H3,(H,35,36)/t19-,22-,23+,28-,29+,30+,31-/m0/s1. The molecule has 36 heavy (non-hydrogen) atoms. The largest absolute Gasteiger partial charge is 0.481 e. The summed E-state index contributed by atoms with van der Waals surface area (Å²) in [4.78, 5) is 43.8. The van der Waals surface area contributed by atoms with E-state index in [0.29, 0.717) is 12.8 Å². The van der Waals surface area contributed by atoms with Gasteiger partial charge in [0.25, 0.3) is 0 Å². The molecule has 0 heterocycles. The SMILES string of the molecule is [C-]#[N+]C1=C[C@]2(C)[C@H]3C(=O)C=C4[C@@H]5CC(C)(C)CC[C@]5(C(=O)O)CC[C@@]4(C)[C@]3(C)CC[C@H]2C(C)(C)C1=O. The van der Waals surface area contributed by atoms with Gasteiger partial charge in [-0.2, -0.15) is 0 Å². The lowest BCUT2D eigenvalue weighted by Crippen LogP contribution is -2.66. The van der Waals surface area contributed by atoms with Crippen molar-refractivity contribution in [3.63, 3.8) is 0 Å². The Kier molecular flexibility index (Phi) is 5.09. The Labute approximate surface area is 215 Å². The third-order valence-corrected chi connectivity index (χ3v) is 12.2. The molecule has 7 atom stereocenters. The van der Waals surface area contributed by atoms with Gasteiger partial charge in [0.2, 0.25) is 5.70 Å². The molecule has 5 rings (SSSR count). The van der Waals surface area contributed by atoms with Crippen LogP contribution < -0.4 is 0 Å².